The Labute approximate surface area is 118 Å². The van der Waals surface area contributed by atoms with Gasteiger partial charge in [0.05, 0.1) is 4.90 Å². The fraction of sp³-hybridized carbons (Fsp3) is 0.538. The van der Waals surface area contributed by atoms with E-state index in [0.717, 1.165) is 18.4 Å². The summed E-state index contributed by atoms with van der Waals surface area (Å²) < 4.78 is 27.0. The molecular weight excluding hydrogens is 314 g/mol. The third-order valence-electron chi connectivity index (χ3n) is 2.52. The van der Waals surface area contributed by atoms with Crippen LogP contribution in [0.4, 0.5) is 0 Å². The number of hydrogen-bond acceptors (Lipinski definition) is 2. The van der Waals surface area contributed by atoms with Gasteiger partial charge in [-0.25, -0.2) is 13.1 Å². The monoisotopic (exact) mass is 333 g/mol. The normalized spacial score (nSPS) is 12.7. The van der Waals surface area contributed by atoms with Gasteiger partial charge < -0.3 is 0 Å². The molecule has 1 aromatic rings. The van der Waals surface area contributed by atoms with Crippen molar-refractivity contribution in [1.82, 2.24) is 4.72 Å². The van der Waals surface area contributed by atoms with Crippen LogP contribution in [0.5, 0.6) is 0 Å². The molecule has 0 aromatic heterocycles. The molecule has 0 saturated carbocycles. The molecule has 0 unspecified atom stereocenters. The molecule has 1 aromatic carbocycles. The minimum absolute atomic E-state index is 0.316. The van der Waals surface area contributed by atoms with Gasteiger partial charge in [0.1, 0.15) is 0 Å². The quantitative estimate of drug-likeness (QED) is 0.813. The Kier molecular flexibility index (Phi) is 5.37. The highest BCUT2D eigenvalue weighted by atomic mass is 79.9. The number of halogens is 1. The van der Waals surface area contributed by atoms with E-state index in [2.05, 4.69) is 27.6 Å². The summed E-state index contributed by atoms with van der Waals surface area (Å²) in [5, 5.41) is 0.563. The highest BCUT2D eigenvalue weighted by Crippen LogP contribution is 2.16. The molecule has 3 nitrogen and oxygen atoms in total. The van der Waals surface area contributed by atoms with Crippen LogP contribution in [0.3, 0.4) is 0 Å². The lowest BCUT2D eigenvalue weighted by Crippen LogP contribution is -2.44. The zero-order valence-electron chi connectivity index (χ0n) is 11.0. The first kappa shape index (κ1) is 15.7. The van der Waals surface area contributed by atoms with E-state index in [0.29, 0.717) is 10.2 Å². The molecule has 0 atom stereocenters. The number of benzene rings is 1. The summed E-state index contributed by atoms with van der Waals surface area (Å²) in [6, 6.07) is 7.08. The smallest absolute Gasteiger partial charge is 0.207 e. The summed E-state index contributed by atoms with van der Waals surface area (Å²) in [6.45, 7) is 5.78. The Bertz CT molecular complexity index is 480. The van der Waals surface area contributed by atoms with Crippen LogP contribution in [0.15, 0.2) is 29.2 Å². The number of sulfonamides is 1. The number of aryl methyl sites for hydroxylation is 1. The molecule has 1 N–H and O–H groups in total. The lowest BCUT2D eigenvalue weighted by atomic mass is 10.1. The second-order valence-electron chi connectivity index (χ2n) is 5.02. The van der Waals surface area contributed by atoms with E-state index in [-0.39, 0.29) is 0 Å². The second-order valence-corrected chi connectivity index (χ2v) is 7.26. The zero-order valence-corrected chi connectivity index (χ0v) is 13.4. The summed E-state index contributed by atoms with van der Waals surface area (Å²) in [7, 11) is -3.44. The topological polar surface area (TPSA) is 46.2 Å². The Hall–Kier alpha value is -0.390. The van der Waals surface area contributed by atoms with E-state index in [1.54, 1.807) is 12.1 Å². The Morgan fingerprint density at radius 3 is 2.22 bits per heavy atom. The van der Waals surface area contributed by atoms with Gasteiger partial charge in [0.15, 0.2) is 0 Å². The summed E-state index contributed by atoms with van der Waals surface area (Å²) in [5.41, 5.74) is 0.664. The Balaban J connectivity index is 2.92. The van der Waals surface area contributed by atoms with Crippen LogP contribution < -0.4 is 4.72 Å². The first-order chi connectivity index (χ1) is 8.30. The van der Waals surface area contributed by atoms with Gasteiger partial charge in [-0.05, 0) is 38.0 Å². The summed E-state index contributed by atoms with van der Waals surface area (Å²) in [4.78, 5) is 0.316. The first-order valence-electron chi connectivity index (χ1n) is 5.99. The van der Waals surface area contributed by atoms with Crippen molar-refractivity contribution in [2.75, 3.05) is 5.33 Å². The Morgan fingerprint density at radius 2 is 1.78 bits per heavy atom. The maximum absolute atomic E-state index is 12.1. The maximum atomic E-state index is 12.1. The van der Waals surface area contributed by atoms with Crippen molar-refractivity contribution in [3.05, 3.63) is 29.8 Å². The second kappa shape index (κ2) is 6.17. The molecule has 0 aliphatic heterocycles. The first-order valence-corrected chi connectivity index (χ1v) is 8.60. The predicted octanol–water partition coefficient (Wildman–Crippen LogP) is 3.09. The Morgan fingerprint density at radius 1 is 1.22 bits per heavy atom. The number of rotatable bonds is 6. The molecule has 0 spiro atoms. The van der Waals surface area contributed by atoms with E-state index in [9.17, 15) is 8.42 Å². The van der Waals surface area contributed by atoms with E-state index in [4.69, 9.17) is 0 Å². The summed E-state index contributed by atoms with van der Waals surface area (Å²) in [5.74, 6) is 0. The fourth-order valence-electron chi connectivity index (χ4n) is 1.57. The number of alkyl halides is 1. The van der Waals surface area contributed by atoms with Crippen LogP contribution in [0, 0.1) is 0 Å². The highest BCUT2D eigenvalue weighted by molar-refractivity contribution is 9.09. The molecule has 0 bridgehead atoms. The van der Waals surface area contributed by atoms with E-state index < -0.39 is 15.6 Å². The molecule has 0 aliphatic carbocycles. The van der Waals surface area contributed by atoms with Crippen molar-refractivity contribution in [3.8, 4) is 0 Å². The lowest BCUT2D eigenvalue weighted by Gasteiger charge is -2.23. The van der Waals surface area contributed by atoms with Gasteiger partial charge in [-0.3, -0.25) is 0 Å². The van der Waals surface area contributed by atoms with Crippen LogP contribution in [0.25, 0.3) is 0 Å². The largest absolute Gasteiger partial charge is 0.241 e. The molecule has 0 amide bonds. The molecule has 18 heavy (non-hydrogen) atoms. The van der Waals surface area contributed by atoms with Gasteiger partial charge >= 0.3 is 0 Å². The number of nitrogens with one attached hydrogen (secondary N) is 1. The van der Waals surface area contributed by atoms with Gasteiger partial charge in [0.25, 0.3) is 0 Å². The molecule has 102 valence electrons. The third kappa shape index (κ3) is 4.37. The molecule has 0 heterocycles. The van der Waals surface area contributed by atoms with Crippen molar-refractivity contribution in [2.45, 2.75) is 44.0 Å². The zero-order chi connectivity index (χ0) is 13.8. The molecule has 0 aliphatic rings. The molecule has 0 radical (unpaired) electrons. The van der Waals surface area contributed by atoms with Crippen molar-refractivity contribution in [2.24, 2.45) is 0 Å². The molecule has 5 heteroatoms. The average Bonchev–Trinajstić information content (AvgIpc) is 2.29. The SMILES string of the molecule is CCCc1ccc(S(=O)(=O)NC(C)(C)CBr)cc1. The standard InChI is InChI=1S/C13H20BrNO2S/c1-4-5-11-6-8-12(9-7-11)18(16,17)15-13(2,3)10-14/h6-9,15H,4-5,10H2,1-3H3. The third-order valence-corrected chi connectivity index (χ3v) is 5.63. The van der Waals surface area contributed by atoms with Crippen molar-refractivity contribution >= 4 is 26.0 Å². The van der Waals surface area contributed by atoms with Crippen LogP contribution in [-0.2, 0) is 16.4 Å². The van der Waals surface area contributed by atoms with Crippen molar-refractivity contribution < 1.29 is 8.42 Å². The molecule has 0 saturated heterocycles. The summed E-state index contributed by atoms with van der Waals surface area (Å²) >= 11 is 3.30. The van der Waals surface area contributed by atoms with E-state index in [1.165, 1.54) is 0 Å². The number of hydrogen-bond donors (Lipinski definition) is 1. The summed E-state index contributed by atoms with van der Waals surface area (Å²) in [6.07, 6.45) is 2.03. The molecule has 0 fully saturated rings. The van der Waals surface area contributed by atoms with Crippen LogP contribution in [0.2, 0.25) is 0 Å². The maximum Gasteiger partial charge on any atom is 0.241 e. The predicted molar refractivity (Wildman–Crippen MR) is 78.6 cm³/mol. The van der Waals surface area contributed by atoms with Crippen LogP contribution >= 0.6 is 15.9 Å². The lowest BCUT2D eigenvalue weighted by molar-refractivity contribution is 0.500. The molecular formula is C13H20BrNO2S. The van der Waals surface area contributed by atoms with E-state index >= 15 is 0 Å². The van der Waals surface area contributed by atoms with Gasteiger partial charge in [-0.15, -0.1) is 0 Å². The minimum atomic E-state index is -3.44. The van der Waals surface area contributed by atoms with Crippen molar-refractivity contribution in [1.29, 1.82) is 0 Å². The van der Waals surface area contributed by atoms with Crippen molar-refractivity contribution in [3.63, 3.8) is 0 Å². The highest BCUT2D eigenvalue weighted by Gasteiger charge is 2.24. The van der Waals surface area contributed by atoms with Crippen LogP contribution in [0.1, 0.15) is 32.8 Å². The van der Waals surface area contributed by atoms with Crippen LogP contribution in [-0.4, -0.2) is 19.3 Å². The fourth-order valence-corrected chi connectivity index (χ4v) is 3.31. The van der Waals surface area contributed by atoms with Gasteiger partial charge in [-0.2, -0.15) is 0 Å². The molecule has 1 rings (SSSR count). The average molecular weight is 334 g/mol. The van der Waals surface area contributed by atoms with Gasteiger partial charge in [-0.1, -0.05) is 41.4 Å². The van der Waals surface area contributed by atoms with Gasteiger partial charge in [0, 0.05) is 10.9 Å². The van der Waals surface area contributed by atoms with E-state index in [1.807, 2.05) is 26.0 Å². The minimum Gasteiger partial charge on any atom is -0.207 e. The van der Waals surface area contributed by atoms with Gasteiger partial charge in [0.2, 0.25) is 10.0 Å².